The van der Waals surface area contributed by atoms with Crippen molar-refractivity contribution in [1.29, 1.82) is 0 Å². The normalized spacial score (nSPS) is 11.6. The Morgan fingerprint density at radius 3 is 1.02 bits per heavy atom. The van der Waals surface area contributed by atoms with Crippen LogP contribution in [0.15, 0.2) is 340 Å². The zero-order chi connectivity index (χ0) is 58.1. The van der Waals surface area contributed by atoms with Crippen LogP contribution in [0.25, 0.3) is 148 Å². The van der Waals surface area contributed by atoms with Gasteiger partial charge in [-0.1, -0.05) is 279 Å². The van der Waals surface area contributed by atoms with Gasteiger partial charge in [0.15, 0.2) is 0 Å². The molecule has 0 spiro atoms. The molecule has 17 aromatic rings. The van der Waals surface area contributed by atoms with Crippen molar-refractivity contribution in [3.8, 4) is 72.4 Å². The third-order valence-electron chi connectivity index (χ3n) is 18.2. The SMILES string of the molecule is c1ccc(-c2ccccc2-c2ccc3c(c2)c2cc(-c4ccccc4-c4ccccc4)ccc2n3-c2ccc(N(c3ccccc3)c3c4ccccc4c(-c4c5ccccc5c(-c5cccc6ccccc56)c5ccccc45)c4ccccc34)cc2)cc1. The van der Waals surface area contributed by atoms with E-state index in [1.165, 1.54) is 131 Å². The first kappa shape index (κ1) is 50.9. The van der Waals surface area contributed by atoms with Crippen LogP contribution in [-0.2, 0) is 0 Å². The van der Waals surface area contributed by atoms with Gasteiger partial charge in [0, 0.05) is 38.6 Å². The van der Waals surface area contributed by atoms with Crippen LogP contribution in [0.5, 0.6) is 0 Å². The average molecular weight is 1120 g/mol. The van der Waals surface area contributed by atoms with Crippen LogP contribution in [0.3, 0.4) is 0 Å². The van der Waals surface area contributed by atoms with Crippen molar-refractivity contribution in [1.82, 2.24) is 4.57 Å². The first-order chi connectivity index (χ1) is 43.7. The van der Waals surface area contributed by atoms with Gasteiger partial charge < -0.3 is 9.47 Å². The van der Waals surface area contributed by atoms with Gasteiger partial charge in [0.1, 0.15) is 0 Å². The molecule has 0 saturated carbocycles. The summed E-state index contributed by atoms with van der Waals surface area (Å²) in [6.07, 6.45) is 0. The van der Waals surface area contributed by atoms with E-state index in [-0.39, 0.29) is 0 Å². The van der Waals surface area contributed by atoms with Crippen molar-refractivity contribution in [2.24, 2.45) is 0 Å². The number of aromatic nitrogens is 1. The summed E-state index contributed by atoms with van der Waals surface area (Å²) >= 11 is 0. The van der Waals surface area contributed by atoms with E-state index in [1.807, 2.05) is 0 Å². The fourth-order valence-electron chi connectivity index (χ4n) is 14.3. The lowest BCUT2D eigenvalue weighted by atomic mass is 9.82. The first-order valence-electron chi connectivity index (χ1n) is 30.4. The van der Waals surface area contributed by atoms with Gasteiger partial charge in [-0.25, -0.2) is 0 Å². The number of rotatable bonds is 10. The average Bonchev–Trinajstić information content (AvgIpc) is 1.44. The lowest BCUT2D eigenvalue weighted by Gasteiger charge is -2.30. The quantitative estimate of drug-likeness (QED) is 0.124. The molecule has 0 aliphatic rings. The minimum Gasteiger partial charge on any atom is -0.309 e. The molecule has 0 atom stereocenters. The predicted molar refractivity (Wildman–Crippen MR) is 376 cm³/mol. The van der Waals surface area contributed by atoms with Gasteiger partial charge in [-0.05, 0) is 171 Å². The number of benzene rings is 16. The zero-order valence-electron chi connectivity index (χ0n) is 48.2. The summed E-state index contributed by atoms with van der Waals surface area (Å²) in [5.41, 5.74) is 21.3. The maximum atomic E-state index is 2.48. The summed E-state index contributed by atoms with van der Waals surface area (Å²) in [6.45, 7) is 0. The molecule has 2 heteroatoms. The van der Waals surface area contributed by atoms with Crippen LogP contribution in [0.1, 0.15) is 0 Å². The number of nitrogens with zero attached hydrogens (tertiary/aromatic N) is 2. The van der Waals surface area contributed by atoms with Gasteiger partial charge >= 0.3 is 0 Å². The molecule has 17 rings (SSSR count). The second kappa shape index (κ2) is 21.2. The van der Waals surface area contributed by atoms with Crippen molar-refractivity contribution >= 4 is 92.7 Å². The van der Waals surface area contributed by atoms with Gasteiger partial charge in [-0.15, -0.1) is 0 Å². The van der Waals surface area contributed by atoms with Gasteiger partial charge in [-0.2, -0.15) is 0 Å². The molecular weight excluding hydrogens is 1060 g/mol. The fourth-order valence-corrected chi connectivity index (χ4v) is 14.3. The van der Waals surface area contributed by atoms with Crippen molar-refractivity contribution in [3.63, 3.8) is 0 Å². The monoisotopic (exact) mass is 1120 g/mol. The Morgan fingerprint density at radius 2 is 0.545 bits per heavy atom. The smallest absolute Gasteiger partial charge is 0.0618 e. The largest absolute Gasteiger partial charge is 0.309 e. The van der Waals surface area contributed by atoms with E-state index in [9.17, 15) is 0 Å². The molecule has 410 valence electrons. The van der Waals surface area contributed by atoms with Gasteiger partial charge in [-0.3, -0.25) is 0 Å². The number of hydrogen-bond donors (Lipinski definition) is 0. The van der Waals surface area contributed by atoms with E-state index in [0.717, 1.165) is 33.8 Å². The Balaban J connectivity index is 0.861. The maximum Gasteiger partial charge on any atom is 0.0618 e. The van der Waals surface area contributed by atoms with Crippen LogP contribution in [0.2, 0.25) is 0 Å². The molecule has 2 nitrogen and oxygen atoms in total. The summed E-state index contributed by atoms with van der Waals surface area (Å²) in [5, 5.41) is 14.6. The minimum atomic E-state index is 1.06. The van der Waals surface area contributed by atoms with E-state index >= 15 is 0 Å². The second-order valence-corrected chi connectivity index (χ2v) is 23.0. The van der Waals surface area contributed by atoms with Crippen molar-refractivity contribution in [2.75, 3.05) is 4.90 Å². The van der Waals surface area contributed by atoms with E-state index in [2.05, 4.69) is 349 Å². The topological polar surface area (TPSA) is 8.17 Å². The molecule has 0 aliphatic carbocycles. The highest BCUT2D eigenvalue weighted by Gasteiger charge is 2.26. The van der Waals surface area contributed by atoms with Crippen LogP contribution in [0, 0.1) is 0 Å². The third kappa shape index (κ3) is 8.33. The Labute approximate surface area is 511 Å². The molecule has 0 unspecified atom stereocenters. The molecule has 0 N–H and O–H groups in total. The molecule has 0 fully saturated rings. The highest BCUT2D eigenvalue weighted by atomic mass is 15.1. The number of hydrogen-bond acceptors (Lipinski definition) is 1. The van der Waals surface area contributed by atoms with Gasteiger partial charge in [0.05, 0.1) is 16.7 Å². The van der Waals surface area contributed by atoms with Gasteiger partial charge in [0.2, 0.25) is 0 Å². The summed E-state index contributed by atoms with van der Waals surface area (Å²) in [7, 11) is 0. The zero-order valence-corrected chi connectivity index (χ0v) is 48.2. The Kier molecular flexibility index (Phi) is 12.3. The maximum absolute atomic E-state index is 2.48. The number of anilines is 3. The Hall–Kier alpha value is -11.6. The summed E-state index contributed by atoms with van der Waals surface area (Å²) in [5.74, 6) is 0. The summed E-state index contributed by atoms with van der Waals surface area (Å²) in [4.78, 5) is 2.48. The molecule has 1 heterocycles. The van der Waals surface area contributed by atoms with Gasteiger partial charge in [0.25, 0.3) is 0 Å². The molecule has 0 amide bonds. The lowest BCUT2D eigenvalue weighted by molar-refractivity contribution is 1.17. The van der Waals surface area contributed by atoms with Crippen molar-refractivity contribution in [2.45, 2.75) is 0 Å². The van der Waals surface area contributed by atoms with E-state index in [0.29, 0.717) is 0 Å². The minimum absolute atomic E-state index is 1.06. The lowest BCUT2D eigenvalue weighted by Crippen LogP contribution is -2.11. The summed E-state index contributed by atoms with van der Waals surface area (Å²) in [6, 6.07) is 125. The second-order valence-electron chi connectivity index (χ2n) is 23.0. The highest BCUT2D eigenvalue weighted by molar-refractivity contribution is 6.31. The molecule has 0 radical (unpaired) electrons. The summed E-state index contributed by atoms with van der Waals surface area (Å²) < 4.78 is 2.46. The molecule has 0 aliphatic heterocycles. The standard InChI is InChI=1S/C86H56N2/c1-4-25-57(26-5-1)65-33-12-14-36-68(65)60-47-53-81-79(55-60)80-56-61(69-37-15-13-34-66(69)58-27-6-2-7-28-58)48-54-82(80)88(81)64-51-49-63(50-52-64)87(62-31-8-3-9-32-62)86-77-44-22-20-42-75(77)85(76-43-21-23-45-78(76)86)84-73-40-18-16-38-71(73)83(72-39-17-19-41-74(72)84)70-46-24-30-59-29-10-11-35-67(59)70/h1-56H. The molecular formula is C86H56N2. The van der Waals surface area contributed by atoms with Crippen LogP contribution < -0.4 is 4.90 Å². The van der Waals surface area contributed by atoms with Crippen LogP contribution in [0.4, 0.5) is 17.1 Å². The Morgan fingerprint density at radius 1 is 0.205 bits per heavy atom. The molecule has 16 aromatic carbocycles. The molecule has 0 bridgehead atoms. The van der Waals surface area contributed by atoms with E-state index in [1.54, 1.807) is 0 Å². The van der Waals surface area contributed by atoms with E-state index in [4.69, 9.17) is 0 Å². The predicted octanol–water partition coefficient (Wildman–Crippen LogP) is 24.0. The Bertz CT molecular complexity index is 5290. The van der Waals surface area contributed by atoms with Crippen LogP contribution >= 0.6 is 0 Å². The number of fused-ring (bicyclic) bond motifs is 8. The first-order valence-corrected chi connectivity index (χ1v) is 30.4. The fraction of sp³-hybridized carbons (Fsp3) is 0. The highest BCUT2D eigenvalue weighted by Crippen LogP contribution is 2.53. The molecule has 0 saturated heterocycles. The van der Waals surface area contributed by atoms with Crippen molar-refractivity contribution in [3.05, 3.63) is 340 Å². The molecule has 1 aromatic heterocycles. The van der Waals surface area contributed by atoms with E-state index < -0.39 is 0 Å². The molecule has 88 heavy (non-hydrogen) atoms. The number of para-hydroxylation sites is 1. The van der Waals surface area contributed by atoms with Crippen LogP contribution in [-0.4, -0.2) is 4.57 Å². The third-order valence-corrected chi connectivity index (χ3v) is 18.2. The van der Waals surface area contributed by atoms with Crippen molar-refractivity contribution < 1.29 is 0 Å².